The molecular formula is C27H26N2O7. The fraction of sp³-hybridized carbons (Fsp3) is 0.407. The topological polar surface area (TPSA) is 117 Å². The van der Waals surface area contributed by atoms with E-state index in [0.29, 0.717) is 35.5 Å². The summed E-state index contributed by atoms with van der Waals surface area (Å²) in [6.07, 6.45) is 1.15. The van der Waals surface area contributed by atoms with Crippen LogP contribution in [0.4, 0.5) is 0 Å². The fourth-order valence-electron chi connectivity index (χ4n) is 5.78. The zero-order valence-electron chi connectivity index (χ0n) is 20.3. The number of fused-ring (bicyclic) bond motifs is 7. The number of aromatic nitrogens is 2. The Morgan fingerprint density at radius 2 is 2.06 bits per heavy atom. The third kappa shape index (κ3) is 3.05. The molecule has 0 fully saturated rings. The van der Waals surface area contributed by atoms with E-state index in [0.717, 1.165) is 39.8 Å². The van der Waals surface area contributed by atoms with Gasteiger partial charge in [0.1, 0.15) is 25.1 Å². The predicted octanol–water partition coefficient (Wildman–Crippen LogP) is 2.51. The molecule has 0 saturated carbocycles. The van der Waals surface area contributed by atoms with Crippen LogP contribution in [0.15, 0.2) is 23.0 Å². The van der Waals surface area contributed by atoms with Crippen molar-refractivity contribution in [2.45, 2.75) is 64.9 Å². The van der Waals surface area contributed by atoms with Crippen LogP contribution in [0.3, 0.4) is 0 Å². The molecule has 3 aliphatic heterocycles. The minimum Gasteiger partial charge on any atom is -0.486 e. The molecule has 0 spiro atoms. The first-order valence-electron chi connectivity index (χ1n) is 12.2. The maximum absolute atomic E-state index is 13.5. The van der Waals surface area contributed by atoms with Gasteiger partial charge in [-0.3, -0.25) is 9.59 Å². The van der Waals surface area contributed by atoms with Gasteiger partial charge in [0.15, 0.2) is 5.60 Å². The van der Waals surface area contributed by atoms with Crippen LogP contribution < -0.4 is 10.3 Å². The van der Waals surface area contributed by atoms with Crippen molar-refractivity contribution >= 4 is 22.8 Å². The molecule has 1 N–H and O–H groups in total. The first kappa shape index (κ1) is 22.7. The van der Waals surface area contributed by atoms with Crippen LogP contribution in [0.5, 0.6) is 5.75 Å². The number of nitrogens with zero attached hydrogens (tertiary/aromatic N) is 2. The van der Waals surface area contributed by atoms with Gasteiger partial charge in [0.25, 0.3) is 5.56 Å². The molecule has 0 saturated heterocycles. The fourth-order valence-corrected chi connectivity index (χ4v) is 5.78. The van der Waals surface area contributed by atoms with Crippen molar-refractivity contribution in [2.24, 2.45) is 0 Å². The number of ether oxygens (including phenoxy) is 3. The van der Waals surface area contributed by atoms with E-state index >= 15 is 0 Å². The summed E-state index contributed by atoms with van der Waals surface area (Å²) in [7, 11) is 0. The second kappa shape index (κ2) is 7.89. The lowest BCUT2D eigenvalue weighted by Crippen LogP contribution is -2.44. The van der Waals surface area contributed by atoms with Crippen molar-refractivity contribution in [1.29, 1.82) is 0 Å². The first-order valence-corrected chi connectivity index (χ1v) is 12.2. The number of hydrogen-bond donors (Lipinski definition) is 1. The van der Waals surface area contributed by atoms with E-state index in [1.807, 2.05) is 12.1 Å². The molecule has 0 bridgehead atoms. The number of pyridine rings is 2. The lowest BCUT2D eigenvalue weighted by molar-refractivity contribution is -0.172. The van der Waals surface area contributed by atoms with Gasteiger partial charge in [-0.25, -0.2) is 9.78 Å². The third-order valence-corrected chi connectivity index (χ3v) is 7.59. The molecule has 2 atom stereocenters. The minimum atomic E-state index is -1.86. The van der Waals surface area contributed by atoms with Gasteiger partial charge in [0.2, 0.25) is 0 Å². The molecule has 186 valence electrons. The number of aryl methyl sites for hydroxylation is 1. The SMILES string of the molecule is CCc1c2c(nc3ccc4c(c13)CC(COC(C)=O)O4)-c1cc3c(c(=O)n1C2)COC(=O)[C@]3(O)CC. The Morgan fingerprint density at radius 1 is 1.25 bits per heavy atom. The molecule has 0 aliphatic carbocycles. The second-order valence-electron chi connectivity index (χ2n) is 9.56. The van der Waals surface area contributed by atoms with Crippen LogP contribution in [-0.2, 0) is 50.7 Å². The smallest absolute Gasteiger partial charge is 0.343 e. The lowest BCUT2D eigenvalue weighted by atomic mass is 9.86. The van der Waals surface area contributed by atoms with E-state index in [4.69, 9.17) is 19.2 Å². The minimum absolute atomic E-state index is 0.0978. The Kier molecular flexibility index (Phi) is 4.98. The highest BCUT2D eigenvalue weighted by atomic mass is 16.6. The highest BCUT2D eigenvalue weighted by molar-refractivity contribution is 5.93. The summed E-state index contributed by atoms with van der Waals surface area (Å²) in [4.78, 5) is 42.2. The number of benzene rings is 1. The van der Waals surface area contributed by atoms with Gasteiger partial charge in [0, 0.05) is 35.4 Å². The van der Waals surface area contributed by atoms with Crippen molar-refractivity contribution in [3.05, 3.63) is 56.4 Å². The number of esters is 2. The molecular weight excluding hydrogens is 464 g/mol. The Balaban J connectivity index is 1.52. The molecule has 36 heavy (non-hydrogen) atoms. The van der Waals surface area contributed by atoms with E-state index in [2.05, 4.69) is 6.92 Å². The Bertz CT molecular complexity index is 1540. The zero-order chi connectivity index (χ0) is 25.4. The number of rotatable bonds is 4. The molecule has 1 unspecified atom stereocenters. The van der Waals surface area contributed by atoms with Gasteiger partial charge in [-0.1, -0.05) is 13.8 Å². The summed E-state index contributed by atoms with van der Waals surface area (Å²) in [5, 5.41) is 12.1. The van der Waals surface area contributed by atoms with E-state index in [9.17, 15) is 19.5 Å². The van der Waals surface area contributed by atoms with Crippen LogP contribution in [-0.4, -0.2) is 39.3 Å². The van der Waals surface area contributed by atoms with Crippen LogP contribution in [0.25, 0.3) is 22.3 Å². The van der Waals surface area contributed by atoms with Crippen LogP contribution >= 0.6 is 0 Å². The monoisotopic (exact) mass is 490 g/mol. The average Bonchev–Trinajstić information content (AvgIpc) is 3.45. The molecule has 3 aliphatic rings. The van der Waals surface area contributed by atoms with Crippen LogP contribution in [0.2, 0.25) is 0 Å². The highest BCUT2D eigenvalue weighted by Crippen LogP contribution is 2.43. The van der Waals surface area contributed by atoms with Crippen LogP contribution in [0, 0.1) is 0 Å². The number of carbonyl (C=O) groups excluding carboxylic acids is 2. The van der Waals surface area contributed by atoms with Crippen LogP contribution in [0.1, 0.15) is 55.0 Å². The van der Waals surface area contributed by atoms with Gasteiger partial charge >= 0.3 is 11.9 Å². The predicted molar refractivity (Wildman–Crippen MR) is 129 cm³/mol. The zero-order valence-corrected chi connectivity index (χ0v) is 20.3. The normalized spacial score (nSPS) is 21.3. The Hall–Kier alpha value is -3.72. The molecule has 6 rings (SSSR count). The quantitative estimate of drug-likeness (QED) is 0.434. The van der Waals surface area contributed by atoms with E-state index in [1.165, 1.54) is 6.92 Å². The van der Waals surface area contributed by atoms with Gasteiger partial charge in [-0.15, -0.1) is 0 Å². The molecule has 2 aromatic heterocycles. The summed E-state index contributed by atoms with van der Waals surface area (Å²) in [5.41, 5.74) is 3.61. The summed E-state index contributed by atoms with van der Waals surface area (Å²) in [6.45, 7) is 5.51. The standard InChI is InChI=1S/C27H26N2O7/c1-4-15-17-10-29-21(9-19-18(25(29)31)12-35-26(32)27(19,33)5-2)24(17)28-20-6-7-22-16(23(15)20)8-14(36-22)11-34-13(3)30/h6-7,9,14,33H,4-5,8,10-12H2,1-3H3/t14?,27-/m0/s1. The maximum Gasteiger partial charge on any atom is 0.343 e. The number of hydrogen-bond acceptors (Lipinski definition) is 8. The second-order valence-corrected chi connectivity index (χ2v) is 9.56. The molecule has 5 heterocycles. The molecule has 9 nitrogen and oxygen atoms in total. The Labute approximate surface area is 206 Å². The van der Waals surface area contributed by atoms with Crippen molar-refractivity contribution in [3.63, 3.8) is 0 Å². The molecule has 1 aromatic carbocycles. The highest BCUT2D eigenvalue weighted by Gasteiger charge is 2.45. The van der Waals surface area contributed by atoms with E-state index in [-0.39, 0.29) is 37.3 Å². The molecule has 0 radical (unpaired) electrons. The molecule has 9 heteroatoms. The maximum atomic E-state index is 13.5. The van der Waals surface area contributed by atoms with Gasteiger partial charge in [0.05, 0.1) is 29.0 Å². The Morgan fingerprint density at radius 3 is 2.78 bits per heavy atom. The van der Waals surface area contributed by atoms with Crippen molar-refractivity contribution in [2.75, 3.05) is 6.61 Å². The lowest BCUT2D eigenvalue weighted by Gasteiger charge is -2.31. The van der Waals surface area contributed by atoms with E-state index < -0.39 is 11.6 Å². The first-order chi connectivity index (χ1) is 17.3. The van der Waals surface area contributed by atoms with Crippen molar-refractivity contribution in [3.8, 4) is 17.1 Å². The third-order valence-electron chi connectivity index (χ3n) is 7.59. The van der Waals surface area contributed by atoms with Gasteiger partial charge in [-0.05, 0) is 36.6 Å². The summed E-state index contributed by atoms with van der Waals surface area (Å²) in [5.74, 6) is -0.330. The summed E-state index contributed by atoms with van der Waals surface area (Å²) < 4.78 is 18.0. The average molecular weight is 491 g/mol. The number of carbonyl (C=O) groups is 2. The number of cyclic esters (lactones) is 1. The van der Waals surface area contributed by atoms with E-state index in [1.54, 1.807) is 17.6 Å². The summed E-state index contributed by atoms with van der Waals surface area (Å²) >= 11 is 0. The number of aliphatic hydroxyl groups is 1. The molecule has 3 aromatic rings. The van der Waals surface area contributed by atoms with Crippen molar-refractivity contribution < 1.29 is 28.9 Å². The van der Waals surface area contributed by atoms with Gasteiger partial charge < -0.3 is 23.9 Å². The van der Waals surface area contributed by atoms with Crippen molar-refractivity contribution in [1.82, 2.24) is 9.55 Å². The van der Waals surface area contributed by atoms with Gasteiger partial charge in [-0.2, -0.15) is 0 Å². The molecule has 0 amide bonds. The summed E-state index contributed by atoms with van der Waals surface area (Å²) in [6, 6.07) is 5.52. The largest absolute Gasteiger partial charge is 0.486 e.